The molecule has 0 saturated carbocycles. The molecule has 3 heteroatoms. The predicted octanol–water partition coefficient (Wildman–Crippen LogP) is 0.610. The molecule has 0 aromatic heterocycles. The molecule has 0 radical (unpaired) electrons. The van der Waals surface area contributed by atoms with Crippen molar-refractivity contribution in [2.75, 3.05) is 6.54 Å². The molecule has 0 aliphatic carbocycles. The Morgan fingerprint density at radius 1 is 1.86 bits per heavy atom. The van der Waals surface area contributed by atoms with Gasteiger partial charge < -0.3 is 5.11 Å². The molecule has 1 N–H and O–H groups in total. The van der Waals surface area contributed by atoms with Gasteiger partial charge in [0, 0.05) is 0 Å². The molecule has 0 aliphatic rings. The van der Waals surface area contributed by atoms with Crippen LogP contribution >= 0.6 is 0 Å². The summed E-state index contributed by atoms with van der Waals surface area (Å²) in [6, 6.07) is 0. The highest BCUT2D eigenvalue weighted by Crippen LogP contribution is 1.87. The van der Waals surface area contributed by atoms with E-state index in [-0.39, 0.29) is 6.54 Å². The SMILES string of the molecule is CCC(O)C[N+]#N. The smallest absolute Gasteiger partial charge is 0.330 e. The molecule has 0 aromatic rings. The van der Waals surface area contributed by atoms with Gasteiger partial charge in [0.2, 0.25) is 5.39 Å². The van der Waals surface area contributed by atoms with Gasteiger partial charge in [0.05, 0.1) is 0 Å². The Bertz CT molecular complexity index is 76.2. The largest absolute Gasteiger partial charge is 0.385 e. The fourth-order valence-electron chi connectivity index (χ4n) is 0.223. The number of rotatable bonds is 2. The summed E-state index contributed by atoms with van der Waals surface area (Å²) in [5, 5.41) is 16.4. The Morgan fingerprint density at radius 3 is 2.57 bits per heavy atom. The molecule has 0 heterocycles. The van der Waals surface area contributed by atoms with Gasteiger partial charge in [-0.05, 0) is 6.42 Å². The molecule has 0 amide bonds. The minimum Gasteiger partial charge on any atom is -0.385 e. The van der Waals surface area contributed by atoms with Gasteiger partial charge in [-0.3, -0.25) is 0 Å². The van der Waals surface area contributed by atoms with E-state index in [1.165, 1.54) is 0 Å². The third kappa shape index (κ3) is 3.20. The van der Waals surface area contributed by atoms with Crippen LogP contribution in [0.5, 0.6) is 0 Å². The summed E-state index contributed by atoms with van der Waals surface area (Å²) in [4.78, 5) is 2.76. The van der Waals surface area contributed by atoms with Crippen molar-refractivity contribution in [2.45, 2.75) is 19.4 Å². The average molecular weight is 101 g/mol. The Morgan fingerprint density at radius 2 is 2.43 bits per heavy atom. The van der Waals surface area contributed by atoms with Gasteiger partial charge in [0.15, 0.2) is 0 Å². The molecule has 1 atom stereocenters. The van der Waals surface area contributed by atoms with E-state index in [4.69, 9.17) is 10.5 Å². The standard InChI is InChI=1S/C4H9N2O/c1-2-4(7)3-6-5/h4,7H,2-3H2,1H3/q+1. The molecule has 0 aliphatic heterocycles. The van der Waals surface area contributed by atoms with Crippen LogP contribution in [0.1, 0.15) is 13.3 Å². The number of hydrogen-bond donors (Lipinski definition) is 1. The quantitative estimate of drug-likeness (QED) is 0.518. The van der Waals surface area contributed by atoms with Crippen LogP contribution in [0, 0.1) is 5.39 Å². The fourth-order valence-corrected chi connectivity index (χ4v) is 0.223. The van der Waals surface area contributed by atoms with E-state index < -0.39 is 6.10 Å². The first-order valence-electron chi connectivity index (χ1n) is 2.30. The van der Waals surface area contributed by atoms with E-state index in [0.717, 1.165) is 0 Å². The second kappa shape index (κ2) is 3.57. The van der Waals surface area contributed by atoms with Crippen molar-refractivity contribution in [3.63, 3.8) is 0 Å². The summed E-state index contributed by atoms with van der Waals surface area (Å²) in [5.74, 6) is 0. The normalized spacial score (nSPS) is 12.7. The maximum absolute atomic E-state index is 8.60. The second-order valence-electron chi connectivity index (χ2n) is 1.39. The van der Waals surface area contributed by atoms with Crippen molar-refractivity contribution in [1.82, 2.24) is 0 Å². The molecule has 0 rings (SSSR count). The number of nitrogens with zero attached hydrogens (tertiary/aromatic N) is 2. The summed E-state index contributed by atoms with van der Waals surface area (Å²) < 4.78 is 0. The molecule has 0 aromatic carbocycles. The van der Waals surface area contributed by atoms with Gasteiger partial charge >= 0.3 is 6.54 Å². The summed E-state index contributed by atoms with van der Waals surface area (Å²) in [6.07, 6.45) is 0.175. The number of aliphatic hydroxyl groups excluding tert-OH is 1. The number of diazo groups is 1. The van der Waals surface area contributed by atoms with Crippen LogP contribution in [0.15, 0.2) is 0 Å². The molecule has 1 unspecified atom stereocenters. The van der Waals surface area contributed by atoms with Crippen molar-refractivity contribution >= 4 is 0 Å². The van der Waals surface area contributed by atoms with Gasteiger partial charge in [0.25, 0.3) is 0 Å². The van der Waals surface area contributed by atoms with Crippen LogP contribution in [0.25, 0.3) is 4.98 Å². The monoisotopic (exact) mass is 101 g/mol. The molecule has 0 spiro atoms. The third-order valence-electron chi connectivity index (χ3n) is 0.764. The lowest BCUT2D eigenvalue weighted by Crippen LogP contribution is -2.06. The molecule has 0 fully saturated rings. The van der Waals surface area contributed by atoms with Crippen LogP contribution in [-0.2, 0) is 0 Å². The Kier molecular flexibility index (Phi) is 3.25. The average Bonchev–Trinajstić information content (AvgIpc) is 1.68. The molecular weight excluding hydrogens is 92.1 g/mol. The summed E-state index contributed by atoms with van der Waals surface area (Å²) in [7, 11) is 0. The zero-order valence-electron chi connectivity index (χ0n) is 4.33. The molecule has 0 saturated heterocycles. The van der Waals surface area contributed by atoms with Gasteiger partial charge in [-0.15, -0.1) is 0 Å². The lowest BCUT2D eigenvalue weighted by atomic mass is 10.3. The van der Waals surface area contributed by atoms with Crippen molar-refractivity contribution in [3.05, 3.63) is 4.98 Å². The van der Waals surface area contributed by atoms with Gasteiger partial charge in [-0.25, -0.2) is 0 Å². The summed E-state index contributed by atoms with van der Waals surface area (Å²) in [6.45, 7) is 1.96. The Hall–Kier alpha value is -0.620. The highest BCUT2D eigenvalue weighted by molar-refractivity contribution is 4.62. The zero-order valence-corrected chi connectivity index (χ0v) is 4.33. The fraction of sp³-hybridized carbons (Fsp3) is 1.00. The molecular formula is C4H9N2O+. The maximum Gasteiger partial charge on any atom is 0.330 e. The summed E-state index contributed by atoms with van der Waals surface area (Å²) in [5.41, 5.74) is 0. The van der Waals surface area contributed by atoms with Crippen molar-refractivity contribution in [3.8, 4) is 0 Å². The van der Waals surface area contributed by atoms with E-state index >= 15 is 0 Å². The maximum atomic E-state index is 8.60. The summed E-state index contributed by atoms with van der Waals surface area (Å²) >= 11 is 0. The van der Waals surface area contributed by atoms with E-state index in [0.29, 0.717) is 6.42 Å². The van der Waals surface area contributed by atoms with Gasteiger partial charge in [-0.2, -0.15) is 0 Å². The van der Waals surface area contributed by atoms with E-state index in [9.17, 15) is 0 Å². The lowest BCUT2D eigenvalue weighted by Gasteiger charge is -1.89. The molecule has 0 bridgehead atoms. The van der Waals surface area contributed by atoms with Gasteiger partial charge in [-0.1, -0.05) is 6.92 Å². The first-order chi connectivity index (χ1) is 3.31. The van der Waals surface area contributed by atoms with Crippen LogP contribution in [0.4, 0.5) is 0 Å². The topological polar surface area (TPSA) is 48.4 Å². The third-order valence-corrected chi connectivity index (χ3v) is 0.764. The highest BCUT2D eigenvalue weighted by Gasteiger charge is 2.05. The van der Waals surface area contributed by atoms with E-state index in [2.05, 4.69) is 4.98 Å². The first kappa shape index (κ1) is 6.38. The van der Waals surface area contributed by atoms with Crippen molar-refractivity contribution in [2.24, 2.45) is 0 Å². The molecule has 40 valence electrons. The Balaban J connectivity index is 3.03. The molecule has 7 heavy (non-hydrogen) atoms. The number of aliphatic hydroxyl groups is 1. The zero-order chi connectivity index (χ0) is 5.70. The van der Waals surface area contributed by atoms with Crippen LogP contribution in [-0.4, -0.2) is 17.8 Å². The van der Waals surface area contributed by atoms with Gasteiger partial charge in [0.1, 0.15) is 11.1 Å². The minimum atomic E-state index is -0.468. The van der Waals surface area contributed by atoms with E-state index in [1.807, 2.05) is 6.92 Å². The number of hydrogen-bond acceptors (Lipinski definition) is 2. The van der Waals surface area contributed by atoms with Crippen molar-refractivity contribution in [1.29, 1.82) is 5.39 Å². The Labute approximate surface area is 42.6 Å². The minimum absolute atomic E-state index is 0.135. The van der Waals surface area contributed by atoms with Crippen LogP contribution in [0.2, 0.25) is 0 Å². The lowest BCUT2D eigenvalue weighted by molar-refractivity contribution is 0.186. The van der Waals surface area contributed by atoms with E-state index in [1.54, 1.807) is 0 Å². The predicted molar refractivity (Wildman–Crippen MR) is 26.2 cm³/mol. The van der Waals surface area contributed by atoms with Crippen LogP contribution < -0.4 is 0 Å². The first-order valence-corrected chi connectivity index (χ1v) is 2.30. The van der Waals surface area contributed by atoms with Crippen LogP contribution in [0.3, 0.4) is 0 Å². The molecule has 3 nitrogen and oxygen atoms in total. The highest BCUT2D eigenvalue weighted by atomic mass is 16.3. The van der Waals surface area contributed by atoms with Crippen molar-refractivity contribution < 1.29 is 5.11 Å². The second-order valence-corrected chi connectivity index (χ2v) is 1.39.